The zero-order valence-electron chi connectivity index (χ0n) is 10.1. The molecular formula is C11H15N5O. The van der Waals surface area contributed by atoms with Crippen LogP contribution in [0.25, 0.3) is 5.82 Å². The van der Waals surface area contributed by atoms with Crippen LogP contribution in [0.2, 0.25) is 0 Å². The maximum absolute atomic E-state index is 12.2. The van der Waals surface area contributed by atoms with Crippen LogP contribution in [-0.4, -0.2) is 19.3 Å². The van der Waals surface area contributed by atoms with Crippen LogP contribution in [0.1, 0.15) is 20.8 Å². The molecule has 2 N–H and O–H groups in total. The molecule has 0 amide bonds. The van der Waals surface area contributed by atoms with Crippen molar-refractivity contribution in [1.82, 2.24) is 19.3 Å². The smallest absolute Gasteiger partial charge is 0.296 e. The van der Waals surface area contributed by atoms with Crippen molar-refractivity contribution in [3.8, 4) is 5.82 Å². The fraction of sp³-hybridized carbons (Fsp3) is 0.364. The molecular weight excluding hydrogens is 218 g/mol. The molecule has 0 aromatic carbocycles. The molecule has 2 rings (SSSR count). The summed E-state index contributed by atoms with van der Waals surface area (Å²) in [4.78, 5) is 16.3. The molecule has 0 bridgehead atoms. The van der Waals surface area contributed by atoms with Gasteiger partial charge in [-0.15, -0.1) is 5.10 Å². The Morgan fingerprint density at radius 1 is 1.29 bits per heavy atom. The minimum Gasteiger partial charge on any atom is -0.382 e. The molecule has 0 unspecified atom stereocenters. The summed E-state index contributed by atoms with van der Waals surface area (Å²) in [6.07, 6.45) is 4.87. The average molecular weight is 233 g/mol. The molecule has 2 heterocycles. The summed E-state index contributed by atoms with van der Waals surface area (Å²) in [5.74, 6) is 0.608. The van der Waals surface area contributed by atoms with Gasteiger partial charge in [0.25, 0.3) is 5.56 Å². The molecule has 0 saturated heterocycles. The number of nitrogens with zero attached hydrogens (tertiary/aromatic N) is 4. The van der Waals surface area contributed by atoms with Crippen molar-refractivity contribution in [3.05, 3.63) is 35.0 Å². The third-order valence-corrected chi connectivity index (χ3v) is 2.37. The Bertz CT molecular complexity index is 590. The summed E-state index contributed by atoms with van der Waals surface area (Å²) in [7, 11) is 0. The lowest BCUT2D eigenvalue weighted by Crippen LogP contribution is -2.35. The number of rotatable bonds is 1. The van der Waals surface area contributed by atoms with Gasteiger partial charge in [0.1, 0.15) is 5.82 Å². The van der Waals surface area contributed by atoms with E-state index in [1.54, 1.807) is 29.2 Å². The third kappa shape index (κ3) is 2.06. The van der Waals surface area contributed by atoms with Gasteiger partial charge in [0.05, 0.1) is 0 Å². The van der Waals surface area contributed by atoms with Gasteiger partial charge in [-0.1, -0.05) is 0 Å². The van der Waals surface area contributed by atoms with E-state index in [0.29, 0.717) is 5.82 Å². The Hall–Kier alpha value is -2.11. The van der Waals surface area contributed by atoms with E-state index in [-0.39, 0.29) is 16.9 Å². The topological polar surface area (TPSA) is 78.7 Å². The van der Waals surface area contributed by atoms with Crippen LogP contribution in [0, 0.1) is 0 Å². The molecule has 6 nitrogen and oxygen atoms in total. The summed E-state index contributed by atoms with van der Waals surface area (Å²) in [6, 6.07) is 1.62. The zero-order valence-corrected chi connectivity index (χ0v) is 10.1. The average Bonchev–Trinajstić information content (AvgIpc) is 2.63. The van der Waals surface area contributed by atoms with E-state index in [4.69, 9.17) is 5.73 Å². The van der Waals surface area contributed by atoms with E-state index < -0.39 is 0 Å². The molecule has 0 aliphatic heterocycles. The fourth-order valence-corrected chi connectivity index (χ4v) is 1.54. The molecule has 0 radical (unpaired) electrons. The standard InChI is InChI=1S/C11H15N5O/c1-11(2,3)15-7-5-13-9(10(15)17)16-6-4-8(12)14-16/h4-7H,1-3H3,(H2,12,14). The Kier molecular flexibility index (Phi) is 2.49. The quantitative estimate of drug-likeness (QED) is 0.789. The van der Waals surface area contributed by atoms with E-state index >= 15 is 0 Å². The van der Waals surface area contributed by atoms with Crippen molar-refractivity contribution in [2.45, 2.75) is 26.3 Å². The lowest BCUT2D eigenvalue weighted by molar-refractivity contribution is 0.381. The van der Waals surface area contributed by atoms with Crippen molar-refractivity contribution in [2.24, 2.45) is 0 Å². The Morgan fingerprint density at radius 3 is 2.53 bits per heavy atom. The van der Waals surface area contributed by atoms with Gasteiger partial charge >= 0.3 is 0 Å². The molecule has 0 saturated carbocycles. The second kappa shape index (κ2) is 3.73. The summed E-state index contributed by atoms with van der Waals surface area (Å²) >= 11 is 0. The Labute approximate surface area is 98.7 Å². The molecule has 0 aliphatic rings. The first-order valence-corrected chi connectivity index (χ1v) is 5.29. The monoisotopic (exact) mass is 233 g/mol. The highest BCUT2D eigenvalue weighted by Crippen LogP contribution is 2.10. The van der Waals surface area contributed by atoms with Crippen LogP contribution in [0.4, 0.5) is 5.82 Å². The molecule has 0 spiro atoms. The molecule has 6 heteroatoms. The number of aromatic nitrogens is 4. The highest BCUT2D eigenvalue weighted by molar-refractivity contribution is 5.28. The number of nitrogens with two attached hydrogens (primary N) is 1. The van der Waals surface area contributed by atoms with Gasteiger partial charge in [0.15, 0.2) is 0 Å². The molecule has 2 aromatic rings. The Morgan fingerprint density at radius 2 is 2.00 bits per heavy atom. The molecule has 0 atom stereocenters. The zero-order chi connectivity index (χ0) is 12.6. The number of hydrogen-bond acceptors (Lipinski definition) is 4. The van der Waals surface area contributed by atoms with Gasteiger partial charge in [-0.25, -0.2) is 9.67 Å². The number of nitrogen functional groups attached to an aromatic ring is 1. The Balaban J connectivity index is 2.62. The predicted octanol–water partition coefficient (Wildman–Crippen LogP) is 0.766. The highest BCUT2D eigenvalue weighted by atomic mass is 16.1. The van der Waals surface area contributed by atoms with Crippen molar-refractivity contribution in [3.63, 3.8) is 0 Å². The van der Waals surface area contributed by atoms with Crippen LogP contribution in [0.5, 0.6) is 0 Å². The first-order chi connectivity index (χ1) is 7.89. The van der Waals surface area contributed by atoms with Gasteiger partial charge in [0, 0.05) is 30.2 Å². The van der Waals surface area contributed by atoms with Crippen LogP contribution in [-0.2, 0) is 5.54 Å². The summed E-state index contributed by atoms with van der Waals surface area (Å²) in [5, 5.41) is 3.98. The molecule has 17 heavy (non-hydrogen) atoms. The van der Waals surface area contributed by atoms with Crippen LogP contribution in [0.3, 0.4) is 0 Å². The molecule has 0 aliphatic carbocycles. The van der Waals surface area contributed by atoms with Crippen LogP contribution < -0.4 is 11.3 Å². The predicted molar refractivity (Wildman–Crippen MR) is 65.0 cm³/mol. The maximum Gasteiger partial charge on any atom is 0.296 e. The van der Waals surface area contributed by atoms with Crippen molar-refractivity contribution < 1.29 is 0 Å². The third-order valence-electron chi connectivity index (χ3n) is 2.37. The number of hydrogen-bond donors (Lipinski definition) is 1. The summed E-state index contributed by atoms with van der Waals surface area (Å²) in [5.41, 5.74) is 5.03. The second-order valence-corrected chi connectivity index (χ2v) is 4.78. The summed E-state index contributed by atoms with van der Waals surface area (Å²) < 4.78 is 3.01. The fourth-order valence-electron chi connectivity index (χ4n) is 1.54. The van der Waals surface area contributed by atoms with Crippen molar-refractivity contribution in [1.29, 1.82) is 0 Å². The van der Waals surface area contributed by atoms with Gasteiger partial charge < -0.3 is 10.3 Å². The van der Waals surface area contributed by atoms with E-state index in [2.05, 4.69) is 10.1 Å². The van der Waals surface area contributed by atoms with E-state index in [9.17, 15) is 4.79 Å². The van der Waals surface area contributed by atoms with Crippen LogP contribution in [0.15, 0.2) is 29.5 Å². The largest absolute Gasteiger partial charge is 0.382 e. The normalized spacial score (nSPS) is 11.7. The van der Waals surface area contributed by atoms with Gasteiger partial charge in [-0.05, 0) is 20.8 Å². The lowest BCUT2D eigenvalue weighted by atomic mass is 10.1. The van der Waals surface area contributed by atoms with Gasteiger partial charge in [-0.3, -0.25) is 4.79 Å². The van der Waals surface area contributed by atoms with Crippen LogP contribution >= 0.6 is 0 Å². The van der Waals surface area contributed by atoms with E-state index in [1.165, 1.54) is 4.68 Å². The van der Waals surface area contributed by atoms with E-state index in [1.807, 2.05) is 20.8 Å². The van der Waals surface area contributed by atoms with Gasteiger partial charge in [-0.2, -0.15) is 0 Å². The summed E-state index contributed by atoms with van der Waals surface area (Å²) in [6.45, 7) is 5.86. The minimum absolute atomic E-state index is 0.192. The highest BCUT2D eigenvalue weighted by Gasteiger charge is 2.17. The van der Waals surface area contributed by atoms with Crippen molar-refractivity contribution >= 4 is 5.82 Å². The van der Waals surface area contributed by atoms with Gasteiger partial charge in [0.2, 0.25) is 5.82 Å². The molecule has 90 valence electrons. The van der Waals surface area contributed by atoms with Crippen molar-refractivity contribution in [2.75, 3.05) is 5.73 Å². The first-order valence-electron chi connectivity index (χ1n) is 5.29. The SMILES string of the molecule is CC(C)(C)n1ccnc(-n2ccc(N)n2)c1=O. The van der Waals surface area contributed by atoms with E-state index in [0.717, 1.165) is 0 Å². The lowest BCUT2D eigenvalue weighted by Gasteiger charge is -2.22. The molecule has 0 fully saturated rings. The maximum atomic E-state index is 12.2. The second-order valence-electron chi connectivity index (χ2n) is 4.78. The number of anilines is 1. The minimum atomic E-state index is -0.298. The first kappa shape index (κ1) is 11.4. The molecule has 2 aromatic heterocycles.